The average Bonchev–Trinajstić information content (AvgIpc) is 2.74. The number of alkyl halides is 3. The van der Waals surface area contributed by atoms with Crippen LogP contribution in [0.2, 0.25) is 5.02 Å². The van der Waals surface area contributed by atoms with Gasteiger partial charge in [-0.15, -0.1) is 0 Å². The summed E-state index contributed by atoms with van der Waals surface area (Å²) in [4.78, 5) is 14.2. The standard InChI is InChI=1S/C13H20ClF3N4O/c1-4-21(5-2)8-6-7-18-12(22)10-9(14)11(13(15,16)17)19-20(10)3/h4-8H2,1-3H3,(H,18,22). The number of rotatable bonds is 7. The topological polar surface area (TPSA) is 50.2 Å². The minimum atomic E-state index is -4.68. The third-order valence-electron chi connectivity index (χ3n) is 3.30. The van der Waals surface area contributed by atoms with Crippen molar-refractivity contribution in [2.24, 2.45) is 7.05 Å². The fourth-order valence-corrected chi connectivity index (χ4v) is 2.41. The van der Waals surface area contributed by atoms with E-state index in [1.807, 2.05) is 13.8 Å². The molecule has 0 aliphatic carbocycles. The Balaban J connectivity index is 2.65. The minimum Gasteiger partial charge on any atom is -0.351 e. The molecule has 0 unspecified atom stereocenters. The first kappa shape index (κ1) is 18.8. The van der Waals surface area contributed by atoms with Crippen LogP contribution in [-0.4, -0.2) is 46.8 Å². The van der Waals surface area contributed by atoms with Crippen LogP contribution >= 0.6 is 11.6 Å². The smallest absolute Gasteiger partial charge is 0.351 e. The van der Waals surface area contributed by atoms with E-state index in [0.717, 1.165) is 24.3 Å². The largest absolute Gasteiger partial charge is 0.436 e. The Hall–Kier alpha value is -1.28. The van der Waals surface area contributed by atoms with Crippen molar-refractivity contribution in [2.75, 3.05) is 26.2 Å². The van der Waals surface area contributed by atoms with Crippen molar-refractivity contribution in [1.29, 1.82) is 0 Å². The first-order valence-electron chi connectivity index (χ1n) is 7.02. The predicted molar refractivity (Wildman–Crippen MR) is 78.0 cm³/mol. The van der Waals surface area contributed by atoms with E-state index in [1.54, 1.807) is 0 Å². The molecule has 1 aromatic heterocycles. The molecule has 0 saturated heterocycles. The molecule has 0 aliphatic rings. The summed E-state index contributed by atoms with van der Waals surface area (Å²) in [6.45, 7) is 7.06. The summed E-state index contributed by atoms with van der Waals surface area (Å²) >= 11 is 5.64. The van der Waals surface area contributed by atoms with E-state index in [0.29, 0.717) is 13.0 Å². The zero-order valence-electron chi connectivity index (χ0n) is 12.8. The second-order valence-electron chi connectivity index (χ2n) is 4.77. The van der Waals surface area contributed by atoms with Gasteiger partial charge in [0.25, 0.3) is 5.91 Å². The summed E-state index contributed by atoms with van der Waals surface area (Å²) in [5.74, 6) is -0.657. The van der Waals surface area contributed by atoms with Crippen LogP contribution < -0.4 is 5.32 Å². The van der Waals surface area contributed by atoms with E-state index in [4.69, 9.17) is 11.6 Å². The summed E-state index contributed by atoms with van der Waals surface area (Å²) in [5, 5.41) is 5.18. The quantitative estimate of drug-likeness (QED) is 0.776. The molecule has 22 heavy (non-hydrogen) atoms. The zero-order chi connectivity index (χ0) is 16.9. The van der Waals surface area contributed by atoms with Crippen molar-refractivity contribution in [3.63, 3.8) is 0 Å². The normalized spacial score (nSPS) is 12.0. The number of hydrogen-bond donors (Lipinski definition) is 1. The lowest BCUT2D eigenvalue weighted by Crippen LogP contribution is -2.31. The zero-order valence-corrected chi connectivity index (χ0v) is 13.6. The third-order valence-corrected chi connectivity index (χ3v) is 3.66. The first-order chi connectivity index (χ1) is 10.2. The Morgan fingerprint density at radius 3 is 2.41 bits per heavy atom. The Morgan fingerprint density at radius 1 is 1.36 bits per heavy atom. The number of nitrogens with zero attached hydrogens (tertiary/aromatic N) is 3. The second kappa shape index (κ2) is 7.82. The Morgan fingerprint density at radius 2 is 1.95 bits per heavy atom. The molecule has 0 fully saturated rings. The Kier molecular flexibility index (Phi) is 6.67. The molecule has 0 aliphatic heterocycles. The highest BCUT2D eigenvalue weighted by Crippen LogP contribution is 2.35. The lowest BCUT2D eigenvalue weighted by atomic mass is 10.3. The average molecular weight is 341 g/mol. The molecule has 126 valence electrons. The van der Waals surface area contributed by atoms with Gasteiger partial charge in [0.1, 0.15) is 10.7 Å². The van der Waals surface area contributed by atoms with Gasteiger partial charge in [-0.25, -0.2) is 0 Å². The molecule has 0 spiro atoms. The molecule has 1 aromatic rings. The third kappa shape index (κ3) is 4.61. The van der Waals surface area contributed by atoms with E-state index in [2.05, 4.69) is 15.3 Å². The molecule has 1 amide bonds. The van der Waals surface area contributed by atoms with Gasteiger partial charge >= 0.3 is 6.18 Å². The highest BCUT2D eigenvalue weighted by Gasteiger charge is 2.39. The van der Waals surface area contributed by atoms with Gasteiger partial charge < -0.3 is 10.2 Å². The van der Waals surface area contributed by atoms with E-state index in [1.165, 1.54) is 7.05 Å². The van der Waals surface area contributed by atoms with Crippen LogP contribution in [0.4, 0.5) is 13.2 Å². The highest BCUT2D eigenvalue weighted by atomic mass is 35.5. The first-order valence-corrected chi connectivity index (χ1v) is 7.40. The van der Waals surface area contributed by atoms with Gasteiger partial charge in [0, 0.05) is 13.6 Å². The summed E-state index contributed by atoms with van der Waals surface area (Å²) < 4.78 is 38.9. The van der Waals surface area contributed by atoms with Crippen molar-refractivity contribution < 1.29 is 18.0 Å². The lowest BCUT2D eigenvalue weighted by Gasteiger charge is -2.17. The molecular weight excluding hydrogens is 321 g/mol. The van der Waals surface area contributed by atoms with Crippen molar-refractivity contribution in [3.05, 3.63) is 16.4 Å². The van der Waals surface area contributed by atoms with Crippen LogP contribution in [0.25, 0.3) is 0 Å². The molecule has 1 rings (SSSR count). The van der Waals surface area contributed by atoms with E-state index in [9.17, 15) is 18.0 Å². The summed E-state index contributed by atoms with van der Waals surface area (Å²) in [6, 6.07) is 0. The van der Waals surface area contributed by atoms with Gasteiger partial charge in [-0.05, 0) is 26.1 Å². The maximum Gasteiger partial charge on any atom is 0.436 e. The molecule has 9 heteroatoms. The van der Waals surface area contributed by atoms with Gasteiger partial charge in [0.05, 0.1) is 0 Å². The fourth-order valence-electron chi connectivity index (χ4n) is 2.05. The molecule has 1 heterocycles. The number of carbonyl (C=O) groups is 1. The van der Waals surface area contributed by atoms with Crippen LogP contribution in [0.3, 0.4) is 0 Å². The van der Waals surface area contributed by atoms with Crippen LogP contribution in [-0.2, 0) is 13.2 Å². The van der Waals surface area contributed by atoms with Gasteiger partial charge in [-0.1, -0.05) is 25.4 Å². The minimum absolute atomic E-state index is 0.281. The number of nitrogens with one attached hydrogen (secondary N) is 1. The maximum atomic E-state index is 12.7. The number of hydrogen-bond acceptors (Lipinski definition) is 3. The number of halogens is 4. The summed E-state index contributed by atoms with van der Waals surface area (Å²) in [7, 11) is 1.26. The SMILES string of the molecule is CCN(CC)CCCNC(=O)c1c(Cl)c(C(F)(F)F)nn1C. The maximum absolute atomic E-state index is 12.7. The van der Waals surface area contributed by atoms with Crippen molar-refractivity contribution >= 4 is 17.5 Å². The molecular formula is C13H20ClF3N4O. The van der Waals surface area contributed by atoms with Crippen molar-refractivity contribution in [3.8, 4) is 0 Å². The lowest BCUT2D eigenvalue weighted by molar-refractivity contribution is -0.141. The van der Waals surface area contributed by atoms with E-state index < -0.39 is 22.8 Å². The van der Waals surface area contributed by atoms with Crippen molar-refractivity contribution in [2.45, 2.75) is 26.4 Å². The van der Waals surface area contributed by atoms with Crippen LogP contribution in [0.5, 0.6) is 0 Å². The van der Waals surface area contributed by atoms with Crippen molar-refractivity contribution in [1.82, 2.24) is 20.0 Å². The molecule has 0 atom stereocenters. The molecule has 0 radical (unpaired) electrons. The van der Waals surface area contributed by atoms with Gasteiger partial charge in [0.2, 0.25) is 0 Å². The Labute approximate surface area is 132 Å². The fraction of sp³-hybridized carbons (Fsp3) is 0.692. The summed E-state index contributed by atoms with van der Waals surface area (Å²) in [6.07, 6.45) is -3.98. The predicted octanol–water partition coefficient (Wildman–Crippen LogP) is 2.55. The molecule has 5 nitrogen and oxygen atoms in total. The molecule has 0 saturated carbocycles. The van der Waals surface area contributed by atoms with Crippen LogP contribution in [0, 0.1) is 0 Å². The van der Waals surface area contributed by atoms with E-state index >= 15 is 0 Å². The van der Waals surface area contributed by atoms with Gasteiger partial charge in [-0.3, -0.25) is 9.48 Å². The van der Waals surface area contributed by atoms with Gasteiger partial charge in [0.15, 0.2) is 5.69 Å². The van der Waals surface area contributed by atoms with Crippen LogP contribution in [0.1, 0.15) is 36.5 Å². The monoisotopic (exact) mass is 340 g/mol. The molecule has 0 bridgehead atoms. The Bertz CT molecular complexity index is 512. The summed E-state index contributed by atoms with van der Waals surface area (Å²) in [5.41, 5.74) is -1.53. The number of carbonyl (C=O) groups excluding carboxylic acids is 1. The van der Waals surface area contributed by atoms with Gasteiger partial charge in [-0.2, -0.15) is 18.3 Å². The molecule has 1 N–H and O–H groups in total. The number of aryl methyl sites for hydroxylation is 1. The number of amides is 1. The van der Waals surface area contributed by atoms with Crippen LogP contribution in [0.15, 0.2) is 0 Å². The molecule has 0 aromatic carbocycles. The van der Waals surface area contributed by atoms with E-state index in [-0.39, 0.29) is 5.69 Å². The highest BCUT2D eigenvalue weighted by molar-refractivity contribution is 6.34. The number of aromatic nitrogens is 2. The second-order valence-corrected chi connectivity index (χ2v) is 5.15.